The van der Waals surface area contributed by atoms with Crippen LogP contribution in [0.1, 0.15) is 19.8 Å². The number of nitrogens with one attached hydrogen (secondary N) is 1. The summed E-state index contributed by atoms with van der Waals surface area (Å²) in [6.07, 6.45) is 2.22. The minimum absolute atomic E-state index is 0.320. The third-order valence-electron chi connectivity index (χ3n) is 4.70. The molecule has 1 amide bonds. The Labute approximate surface area is 108 Å². The van der Waals surface area contributed by atoms with Crippen LogP contribution in [0.15, 0.2) is 0 Å². The van der Waals surface area contributed by atoms with Gasteiger partial charge in [-0.3, -0.25) is 4.79 Å². The molecule has 96 valence electrons. The number of carbonyl (C=O) groups excluding carboxylic acids is 1. The Morgan fingerprint density at radius 2 is 2.35 bits per heavy atom. The van der Waals surface area contributed by atoms with E-state index in [1.54, 1.807) is 0 Å². The molecular formula is C13H22N2OS. The topological polar surface area (TPSA) is 32.3 Å². The van der Waals surface area contributed by atoms with Crippen molar-refractivity contribution < 1.29 is 4.79 Å². The number of hydrogen-bond acceptors (Lipinski definition) is 3. The molecule has 0 aliphatic carbocycles. The summed E-state index contributed by atoms with van der Waals surface area (Å²) in [6, 6.07) is 0.507. The fourth-order valence-corrected chi connectivity index (χ4v) is 4.97. The standard InChI is InChI=1S/C13H22N2OS/c1-2-12-11-6-14-5-10(11)7-15(12)13(16)9-3-4-17-8-9/h9-12,14H,2-8H2,1H3. The Morgan fingerprint density at radius 3 is 3.06 bits per heavy atom. The molecule has 3 fully saturated rings. The normalized spacial score (nSPS) is 40.9. The lowest BCUT2D eigenvalue weighted by molar-refractivity contribution is -0.136. The van der Waals surface area contributed by atoms with Gasteiger partial charge in [0, 0.05) is 37.3 Å². The second-order valence-electron chi connectivity index (χ2n) is 5.61. The van der Waals surface area contributed by atoms with E-state index in [2.05, 4.69) is 17.1 Å². The van der Waals surface area contributed by atoms with Crippen LogP contribution in [0.5, 0.6) is 0 Å². The molecular weight excluding hydrogens is 232 g/mol. The van der Waals surface area contributed by atoms with Gasteiger partial charge in [0.15, 0.2) is 0 Å². The van der Waals surface area contributed by atoms with E-state index in [1.165, 1.54) is 5.75 Å². The maximum Gasteiger partial charge on any atom is 0.226 e. The number of hydrogen-bond donors (Lipinski definition) is 1. The van der Waals surface area contributed by atoms with E-state index >= 15 is 0 Å². The van der Waals surface area contributed by atoms with Crippen molar-refractivity contribution in [1.29, 1.82) is 0 Å². The quantitative estimate of drug-likeness (QED) is 0.803. The molecule has 4 atom stereocenters. The largest absolute Gasteiger partial charge is 0.339 e. The number of likely N-dealkylation sites (tertiary alicyclic amines) is 1. The fraction of sp³-hybridized carbons (Fsp3) is 0.923. The lowest BCUT2D eigenvalue weighted by atomic mass is 9.92. The summed E-state index contributed by atoms with van der Waals surface area (Å²) in [6.45, 7) is 5.47. The second-order valence-corrected chi connectivity index (χ2v) is 6.76. The predicted octanol–water partition coefficient (Wildman–Crippen LogP) is 1.20. The van der Waals surface area contributed by atoms with E-state index in [-0.39, 0.29) is 0 Å². The minimum Gasteiger partial charge on any atom is -0.339 e. The Kier molecular flexibility index (Phi) is 3.35. The molecule has 3 heterocycles. The Hall–Kier alpha value is -0.220. The van der Waals surface area contributed by atoms with Crippen molar-refractivity contribution in [3.8, 4) is 0 Å². The number of carbonyl (C=O) groups is 1. The molecule has 1 N–H and O–H groups in total. The average Bonchev–Trinajstić information content (AvgIpc) is 3.03. The van der Waals surface area contributed by atoms with Crippen LogP contribution in [-0.2, 0) is 4.79 Å². The van der Waals surface area contributed by atoms with Crippen molar-refractivity contribution in [2.75, 3.05) is 31.1 Å². The van der Waals surface area contributed by atoms with Gasteiger partial charge in [-0.25, -0.2) is 0 Å². The molecule has 3 aliphatic rings. The van der Waals surface area contributed by atoms with E-state index in [4.69, 9.17) is 0 Å². The minimum atomic E-state index is 0.320. The molecule has 0 aromatic heterocycles. The summed E-state index contributed by atoms with van der Waals surface area (Å²) in [5, 5.41) is 3.48. The summed E-state index contributed by atoms with van der Waals surface area (Å²) in [5.74, 6) is 4.45. The molecule has 3 nitrogen and oxygen atoms in total. The first kappa shape index (κ1) is 11.8. The third kappa shape index (κ3) is 1.99. The maximum atomic E-state index is 12.5. The molecule has 3 saturated heterocycles. The van der Waals surface area contributed by atoms with Gasteiger partial charge in [-0.15, -0.1) is 0 Å². The molecule has 4 heteroatoms. The van der Waals surface area contributed by atoms with Gasteiger partial charge < -0.3 is 10.2 Å². The first-order valence-electron chi connectivity index (χ1n) is 6.90. The van der Waals surface area contributed by atoms with Crippen LogP contribution in [0.4, 0.5) is 0 Å². The smallest absolute Gasteiger partial charge is 0.226 e. The fourth-order valence-electron chi connectivity index (χ4n) is 3.76. The first-order chi connectivity index (χ1) is 8.31. The number of rotatable bonds is 2. The molecule has 17 heavy (non-hydrogen) atoms. The average molecular weight is 254 g/mol. The zero-order valence-electron chi connectivity index (χ0n) is 10.5. The van der Waals surface area contributed by atoms with Gasteiger partial charge in [-0.2, -0.15) is 11.8 Å². The van der Waals surface area contributed by atoms with E-state index in [9.17, 15) is 4.79 Å². The zero-order chi connectivity index (χ0) is 11.8. The van der Waals surface area contributed by atoms with Crippen molar-refractivity contribution in [1.82, 2.24) is 10.2 Å². The molecule has 3 rings (SSSR count). The van der Waals surface area contributed by atoms with Crippen LogP contribution in [0.25, 0.3) is 0 Å². The molecule has 0 saturated carbocycles. The van der Waals surface area contributed by atoms with Gasteiger partial charge in [-0.05, 0) is 30.4 Å². The number of amides is 1. The highest BCUT2D eigenvalue weighted by molar-refractivity contribution is 7.99. The third-order valence-corrected chi connectivity index (χ3v) is 5.86. The van der Waals surface area contributed by atoms with Crippen LogP contribution in [0, 0.1) is 17.8 Å². The maximum absolute atomic E-state index is 12.5. The molecule has 0 bridgehead atoms. The molecule has 0 radical (unpaired) electrons. The van der Waals surface area contributed by atoms with Gasteiger partial charge in [0.25, 0.3) is 0 Å². The molecule has 3 aliphatic heterocycles. The lowest BCUT2D eigenvalue weighted by Gasteiger charge is -2.29. The molecule has 0 aromatic carbocycles. The lowest BCUT2D eigenvalue weighted by Crippen LogP contribution is -2.42. The van der Waals surface area contributed by atoms with Gasteiger partial charge in [0.1, 0.15) is 0 Å². The van der Waals surface area contributed by atoms with E-state index in [0.29, 0.717) is 17.9 Å². The molecule has 4 unspecified atom stereocenters. The Balaban J connectivity index is 1.72. The first-order valence-corrected chi connectivity index (χ1v) is 8.05. The van der Waals surface area contributed by atoms with Crippen LogP contribution >= 0.6 is 11.8 Å². The van der Waals surface area contributed by atoms with Crippen molar-refractivity contribution >= 4 is 17.7 Å². The summed E-state index contributed by atoms with van der Waals surface area (Å²) in [4.78, 5) is 14.8. The van der Waals surface area contributed by atoms with Crippen LogP contribution in [-0.4, -0.2) is 48.0 Å². The number of nitrogens with zero attached hydrogens (tertiary/aromatic N) is 1. The van der Waals surface area contributed by atoms with Crippen molar-refractivity contribution in [3.63, 3.8) is 0 Å². The second kappa shape index (κ2) is 4.81. The Bertz CT molecular complexity index is 304. The Morgan fingerprint density at radius 1 is 1.47 bits per heavy atom. The van der Waals surface area contributed by atoms with Crippen molar-refractivity contribution in [2.24, 2.45) is 17.8 Å². The zero-order valence-corrected chi connectivity index (χ0v) is 11.3. The van der Waals surface area contributed by atoms with Crippen molar-refractivity contribution in [2.45, 2.75) is 25.8 Å². The van der Waals surface area contributed by atoms with E-state index in [0.717, 1.165) is 50.1 Å². The molecule has 0 aromatic rings. The highest BCUT2D eigenvalue weighted by atomic mass is 32.2. The summed E-state index contributed by atoms with van der Waals surface area (Å²) < 4.78 is 0. The van der Waals surface area contributed by atoms with Crippen molar-refractivity contribution in [3.05, 3.63) is 0 Å². The summed E-state index contributed by atoms with van der Waals surface area (Å²) in [7, 11) is 0. The van der Waals surface area contributed by atoms with Crippen LogP contribution in [0.3, 0.4) is 0 Å². The monoisotopic (exact) mass is 254 g/mol. The number of thioether (sulfide) groups is 1. The van der Waals surface area contributed by atoms with Crippen LogP contribution < -0.4 is 5.32 Å². The van der Waals surface area contributed by atoms with Crippen LogP contribution in [0.2, 0.25) is 0 Å². The van der Waals surface area contributed by atoms with Gasteiger partial charge >= 0.3 is 0 Å². The predicted molar refractivity (Wildman–Crippen MR) is 71.1 cm³/mol. The summed E-state index contributed by atoms with van der Waals surface area (Å²) >= 11 is 1.94. The number of fused-ring (bicyclic) bond motifs is 1. The van der Waals surface area contributed by atoms with Gasteiger partial charge in [0.05, 0.1) is 0 Å². The van der Waals surface area contributed by atoms with Gasteiger partial charge in [0.2, 0.25) is 5.91 Å². The molecule has 0 spiro atoms. The van der Waals surface area contributed by atoms with E-state index < -0.39 is 0 Å². The summed E-state index contributed by atoms with van der Waals surface area (Å²) in [5.41, 5.74) is 0. The highest BCUT2D eigenvalue weighted by Crippen LogP contribution is 2.36. The SMILES string of the molecule is CCC1C2CNCC2CN1C(=O)C1CCSC1. The highest BCUT2D eigenvalue weighted by Gasteiger charge is 2.46. The van der Waals surface area contributed by atoms with E-state index in [1.807, 2.05) is 11.8 Å². The van der Waals surface area contributed by atoms with Gasteiger partial charge in [-0.1, -0.05) is 6.92 Å².